The monoisotopic (exact) mass is 653 g/mol. The lowest BCUT2D eigenvalue weighted by Crippen LogP contribution is -2.10. The molecule has 10 rings (SSSR count). The molecule has 0 bridgehead atoms. The van der Waals surface area contributed by atoms with Gasteiger partial charge in [0, 0.05) is 38.8 Å². The Bertz CT molecular complexity index is 2830. The van der Waals surface area contributed by atoms with Crippen LogP contribution in [0, 0.1) is 0 Å². The van der Waals surface area contributed by atoms with Crippen molar-refractivity contribution in [1.82, 2.24) is 9.55 Å². The Morgan fingerprint density at radius 2 is 1.06 bits per heavy atom. The number of rotatable bonds is 6. The third-order valence-corrected chi connectivity index (χ3v) is 9.82. The summed E-state index contributed by atoms with van der Waals surface area (Å²) in [6, 6.07) is 66.3. The number of hydrogen-bond donors (Lipinski definition) is 0. The first-order valence-corrected chi connectivity index (χ1v) is 17.2. The van der Waals surface area contributed by atoms with Crippen LogP contribution in [0.1, 0.15) is 0 Å². The molecule has 240 valence electrons. The van der Waals surface area contributed by atoms with Crippen molar-refractivity contribution < 1.29 is 4.42 Å². The minimum atomic E-state index is 0.611. The van der Waals surface area contributed by atoms with Gasteiger partial charge in [-0.2, -0.15) is 0 Å². The number of fused-ring (bicyclic) bond motifs is 6. The molecule has 0 fully saturated rings. The van der Waals surface area contributed by atoms with Crippen LogP contribution in [0.2, 0.25) is 0 Å². The molecule has 0 saturated carbocycles. The van der Waals surface area contributed by atoms with Crippen LogP contribution in [0.5, 0.6) is 0 Å². The highest BCUT2D eigenvalue weighted by Gasteiger charge is 2.21. The Labute approximate surface area is 295 Å². The summed E-state index contributed by atoms with van der Waals surface area (Å²) in [6.45, 7) is 0. The Morgan fingerprint density at radius 1 is 0.451 bits per heavy atom. The minimum absolute atomic E-state index is 0.611. The summed E-state index contributed by atoms with van der Waals surface area (Å²) in [4.78, 5) is 7.25. The predicted octanol–water partition coefficient (Wildman–Crippen LogP) is 12.9. The van der Waals surface area contributed by atoms with Crippen LogP contribution in [-0.4, -0.2) is 9.55 Å². The molecule has 0 aliphatic carbocycles. The van der Waals surface area contributed by atoms with Crippen LogP contribution in [0.25, 0.3) is 71.9 Å². The normalized spacial score (nSPS) is 11.5. The molecule has 4 heteroatoms. The number of oxazole rings is 1. The fourth-order valence-electron chi connectivity index (χ4n) is 7.44. The molecule has 4 nitrogen and oxygen atoms in total. The van der Waals surface area contributed by atoms with E-state index in [0.29, 0.717) is 5.89 Å². The Hall–Kier alpha value is -6.91. The van der Waals surface area contributed by atoms with E-state index < -0.39 is 0 Å². The van der Waals surface area contributed by atoms with Gasteiger partial charge in [0.05, 0.1) is 16.7 Å². The van der Waals surface area contributed by atoms with E-state index in [2.05, 4.69) is 179 Å². The van der Waals surface area contributed by atoms with Crippen molar-refractivity contribution in [3.63, 3.8) is 0 Å². The summed E-state index contributed by atoms with van der Waals surface area (Å²) in [6.07, 6.45) is 0. The predicted molar refractivity (Wildman–Crippen MR) is 211 cm³/mol. The first-order chi connectivity index (χ1) is 25.3. The van der Waals surface area contributed by atoms with E-state index in [1.807, 2.05) is 18.2 Å². The topological polar surface area (TPSA) is 34.2 Å². The molecule has 0 unspecified atom stereocenters. The van der Waals surface area contributed by atoms with Gasteiger partial charge in [0.15, 0.2) is 5.58 Å². The van der Waals surface area contributed by atoms with Crippen molar-refractivity contribution in [3.8, 4) is 28.3 Å². The third kappa shape index (κ3) is 4.88. The largest absolute Gasteiger partial charge is 0.435 e. The molecule has 0 spiro atoms. The van der Waals surface area contributed by atoms with Crippen LogP contribution in [-0.2, 0) is 0 Å². The molecule has 0 saturated heterocycles. The summed E-state index contributed by atoms with van der Waals surface area (Å²) in [7, 11) is 0. The lowest BCUT2D eigenvalue weighted by molar-refractivity contribution is 0.623. The van der Waals surface area contributed by atoms with Crippen LogP contribution in [0.3, 0.4) is 0 Å². The van der Waals surface area contributed by atoms with Crippen molar-refractivity contribution in [3.05, 3.63) is 188 Å². The van der Waals surface area contributed by atoms with E-state index in [1.54, 1.807) is 0 Å². The van der Waals surface area contributed by atoms with Gasteiger partial charge in [0.25, 0.3) is 0 Å². The van der Waals surface area contributed by atoms with E-state index in [4.69, 9.17) is 9.40 Å². The number of anilines is 3. The van der Waals surface area contributed by atoms with Gasteiger partial charge in [-0.05, 0) is 89.3 Å². The average Bonchev–Trinajstić information content (AvgIpc) is 3.80. The van der Waals surface area contributed by atoms with E-state index in [-0.39, 0.29) is 0 Å². The van der Waals surface area contributed by atoms with Gasteiger partial charge in [0.1, 0.15) is 5.52 Å². The number of para-hydroxylation sites is 2. The molecular formula is C47H31N3O. The van der Waals surface area contributed by atoms with Crippen LogP contribution in [0.15, 0.2) is 192 Å². The second-order valence-corrected chi connectivity index (χ2v) is 12.8. The summed E-state index contributed by atoms with van der Waals surface area (Å²) in [5, 5.41) is 4.60. The molecule has 8 aromatic carbocycles. The van der Waals surface area contributed by atoms with Gasteiger partial charge in [-0.1, -0.05) is 115 Å². The molecule has 0 radical (unpaired) electrons. The molecule has 2 aromatic heterocycles. The molecule has 51 heavy (non-hydrogen) atoms. The van der Waals surface area contributed by atoms with Crippen molar-refractivity contribution in [2.75, 3.05) is 4.90 Å². The van der Waals surface area contributed by atoms with Gasteiger partial charge in [0.2, 0.25) is 5.89 Å². The highest BCUT2D eigenvalue weighted by atomic mass is 16.3. The smallest absolute Gasteiger partial charge is 0.227 e. The average molecular weight is 654 g/mol. The maximum Gasteiger partial charge on any atom is 0.227 e. The van der Waals surface area contributed by atoms with Crippen molar-refractivity contribution in [1.29, 1.82) is 0 Å². The number of benzene rings is 8. The third-order valence-electron chi connectivity index (χ3n) is 9.82. The standard InChI is InChI=1S/C47H31N3O/c1-3-12-32(13-4-1)33-22-27-37(28-23-33)49(38-29-24-35(25-30-38)47-48-41-31-26-34-14-7-8-17-39(34)46(41)51-47)43-20-11-21-44-45(43)40-18-9-10-19-42(40)50(44)36-15-5-2-6-16-36/h1-31H. The Morgan fingerprint density at radius 3 is 1.82 bits per heavy atom. The molecule has 0 aliphatic rings. The molecule has 10 aromatic rings. The van der Waals surface area contributed by atoms with E-state index in [9.17, 15) is 0 Å². The fraction of sp³-hybridized carbons (Fsp3) is 0. The quantitative estimate of drug-likeness (QED) is 0.179. The second kappa shape index (κ2) is 11.9. The lowest BCUT2D eigenvalue weighted by Gasteiger charge is -2.27. The highest BCUT2D eigenvalue weighted by Crippen LogP contribution is 2.44. The zero-order valence-corrected chi connectivity index (χ0v) is 27.6. The SMILES string of the molecule is c1ccc(-c2ccc(N(c3ccc(-c4nc5ccc6ccccc6c5o4)cc3)c3cccc4c3c3ccccc3n4-c3ccccc3)cc2)cc1. The maximum absolute atomic E-state index is 6.42. The minimum Gasteiger partial charge on any atom is -0.435 e. The molecule has 0 aliphatic heterocycles. The van der Waals surface area contributed by atoms with Crippen molar-refractivity contribution >= 4 is 60.7 Å². The summed E-state index contributed by atoms with van der Waals surface area (Å²) in [5.41, 5.74) is 11.6. The highest BCUT2D eigenvalue weighted by molar-refractivity contribution is 6.16. The fourth-order valence-corrected chi connectivity index (χ4v) is 7.44. The van der Waals surface area contributed by atoms with Gasteiger partial charge in [-0.15, -0.1) is 0 Å². The van der Waals surface area contributed by atoms with Gasteiger partial charge < -0.3 is 13.9 Å². The zero-order chi connectivity index (χ0) is 33.7. The number of hydrogen-bond acceptors (Lipinski definition) is 3. The Kier molecular flexibility index (Phi) is 6.78. The maximum atomic E-state index is 6.42. The van der Waals surface area contributed by atoms with Crippen molar-refractivity contribution in [2.45, 2.75) is 0 Å². The number of aromatic nitrogens is 2. The van der Waals surface area contributed by atoms with E-state index >= 15 is 0 Å². The molecule has 0 atom stereocenters. The lowest BCUT2D eigenvalue weighted by atomic mass is 10.0. The molecular weight excluding hydrogens is 623 g/mol. The summed E-state index contributed by atoms with van der Waals surface area (Å²) < 4.78 is 8.78. The van der Waals surface area contributed by atoms with Gasteiger partial charge in [-0.3, -0.25) is 0 Å². The van der Waals surface area contributed by atoms with E-state index in [1.165, 1.54) is 27.4 Å². The van der Waals surface area contributed by atoms with Crippen LogP contribution < -0.4 is 4.90 Å². The van der Waals surface area contributed by atoms with Gasteiger partial charge >= 0.3 is 0 Å². The number of nitrogens with zero attached hydrogens (tertiary/aromatic N) is 3. The van der Waals surface area contributed by atoms with Crippen LogP contribution in [0.4, 0.5) is 17.1 Å². The van der Waals surface area contributed by atoms with E-state index in [0.717, 1.165) is 55.7 Å². The molecule has 2 heterocycles. The summed E-state index contributed by atoms with van der Waals surface area (Å²) in [5.74, 6) is 0.611. The van der Waals surface area contributed by atoms with Crippen molar-refractivity contribution in [2.24, 2.45) is 0 Å². The second-order valence-electron chi connectivity index (χ2n) is 12.8. The molecule has 0 amide bonds. The Balaban J connectivity index is 1.15. The summed E-state index contributed by atoms with van der Waals surface area (Å²) >= 11 is 0. The van der Waals surface area contributed by atoms with Crippen LogP contribution >= 0.6 is 0 Å². The zero-order valence-electron chi connectivity index (χ0n) is 27.6. The first kappa shape index (κ1) is 29.0. The van der Waals surface area contributed by atoms with Gasteiger partial charge in [-0.25, -0.2) is 4.98 Å². The molecule has 0 N–H and O–H groups in total. The first-order valence-electron chi connectivity index (χ1n) is 17.2.